The topological polar surface area (TPSA) is 402 Å². The zero-order valence-corrected chi connectivity index (χ0v) is 43.8. The van der Waals surface area contributed by atoms with E-state index in [9.17, 15) is 42.1 Å². The molecule has 0 bridgehead atoms. The lowest BCUT2D eigenvalue weighted by molar-refractivity contribution is 0.434. The summed E-state index contributed by atoms with van der Waals surface area (Å²) in [4.78, 5) is 0. The van der Waals surface area contributed by atoms with E-state index in [1.165, 1.54) is 6.92 Å². The highest BCUT2D eigenvalue weighted by Crippen LogP contribution is 2.12. The van der Waals surface area contributed by atoms with Crippen LogP contribution in [0.2, 0.25) is 0 Å². The van der Waals surface area contributed by atoms with Gasteiger partial charge in [-0.3, -0.25) is 22.8 Å². The van der Waals surface area contributed by atoms with Gasteiger partial charge in [0, 0.05) is 30.2 Å². The molecule has 0 rings (SSSR count). The second kappa shape index (κ2) is 39.2. The van der Waals surface area contributed by atoms with Gasteiger partial charge in [0.2, 0.25) is 0 Å². The first-order valence-corrected chi connectivity index (χ1v) is 29.6. The van der Waals surface area contributed by atoms with Crippen LogP contribution in [-0.4, -0.2) is 123 Å². The molecule has 0 aromatic rings. The second-order valence-electron chi connectivity index (χ2n) is 18.0. The molecule has 0 aromatic carbocycles. The number of rotatable bonds is 28. The maximum absolute atomic E-state index is 10.7. The number of nitrogens with two attached hydrogens (primary N) is 5. The van der Waals surface area contributed by atoms with Crippen LogP contribution in [0.5, 0.6) is 0 Å². The summed E-state index contributed by atoms with van der Waals surface area (Å²) >= 11 is 0. The monoisotopic (exact) mass is 1030 g/mol. The molecule has 0 saturated carbocycles. The SMILES string of the molecule is C.CC(C)CC(N)CCS(=O)(=O)O.CC(C)C[C@@H](N)CCCCS(=O)(=O)O.CC(C)C[C@H](N)CC(C)S(=O)(=O)O.CC(C)C[C@H](N)CCS(=O)(=O)O.CCCCC(N)CCS(=O)(=O)O. The Kier molecular flexibility index (Phi) is 45.9. The number of unbranched alkanes of at least 4 members (excludes halogenated alkanes) is 2. The maximum Gasteiger partial charge on any atom is 0.267 e. The lowest BCUT2D eigenvalue weighted by Gasteiger charge is -2.16. The van der Waals surface area contributed by atoms with Crippen molar-refractivity contribution in [1.29, 1.82) is 0 Å². The summed E-state index contributed by atoms with van der Waals surface area (Å²) in [5, 5.41) is -0.763. The standard InChI is InChI=1S/C9H21NO3S.C8H19NO3S.3C7H17NO3S.CH4/c1-8(2)7-9(10)5-3-4-6-14(11,12)13;1-6(2)4-8(9)5-7(3)13(10,11)12;2*1-6(2)5-7(8)3-4-12(9,10)11;1-2-3-4-7(8)5-6-12(9,10)11;/h8-9H,3-7,10H2,1-2H3,(H,11,12,13);6-8H,4-5,9H2,1-3H3,(H,10,11,12);2*6-7H,3-5,8H2,1-2H3,(H,9,10,11);7H,2-6,8H2,1H3,(H,9,10,11);1H4/t9-;7?,8-;7-;;;/m001.../s1. The third kappa shape index (κ3) is 72.9. The summed E-state index contributed by atoms with van der Waals surface area (Å²) in [6, 6.07) is -0.376. The Balaban J connectivity index is -0.000000164. The molecule has 0 heterocycles. The first kappa shape index (κ1) is 74.9. The van der Waals surface area contributed by atoms with Crippen molar-refractivity contribution in [2.24, 2.45) is 52.3 Å². The molecule has 20 nitrogen and oxygen atoms in total. The van der Waals surface area contributed by atoms with E-state index in [1.54, 1.807) is 0 Å². The average Bonchev–Trinajstić information content (AvgIpc) is 3.04. The molecule has 0 saturated heterocycles. The smallest absolute Gasteiger partial charge is 0.267 e. The highest BCUT2D eigenvalue weighted by Gasteiger charge is 2.20. The Bertz CT molecular complexity index is 1620. The molecule has 64 heavy (non-hydrogen) atoms. The highest BCUT2D eigenvalue weighted by atomic mass is 32.2. The van der Waals surface area contributed by atoms with Crippen molar-refractivity contribution in [3.8, 4) is 0 Å². The van der Waals surface area contributed by atoms with Crippen LogP contribution in [0.4, 0.5) is 0 Å². The molecule has 25 heteroatoms. The Hall–Kier alpha value is -0.650. The van der Waals surface area contributed by atoms with Crippen LogP contribution in [-0.2, 0) is 50.6 Å². The van der Waals surface area contributed by atoms with Gasteiger partial charge in [0.05, 0.1) is 28.3 Å². The number of hydrogen-bond acceptors (Lipinski definition) is 15. The van der Waals surface area contributed by atoms with Gasteiger partial charge in [-0.25, -0.2) is 0 Å². The summed E-state index contributed by atoms with van der Waals surface area (Å²) in [6.45, 7) is 19.9. The van der Waals surface area contributed by atoms with Crippen LogP contribution in [0, 0.1) is 23.7 Å². The quantitative estimate of drug-likeness (QED) is 0.0358. The van der Waals surface area contributed by atoms with E-state index in [1.807, 2.05) is 41.5 Å². The van der Waals surface area contributed by atoms with Crippen molar-refractivity contribution in [3.05, 3.63) is 0 Å². The molecular formula is C39H95N5O15S5. The van der Waals surface area contributed by atoms with E-state index in [2.05, 4.69) is 20.8 Å². The predicted molar refractivity (Wildman–Crippen MR) is 263 cm³/mol. The molecule has 0 spiro atoms. The van der Waals surface area contributed by atoms with E-state index in [0.29, 0.717) is 55.8 Å². The molecule has 3 unspecified atom stereocenters. The molecule has 0 aliphatic heterocycles. The Morgan fingerprint density at radius 3 is 0.891 bits per heavy atom. The minimum Gasteiger partial charge on any atom is -0.328 e. The van der Waals surface area contributed by atoms with E-state index >= 15 is 0 Å². The fourth-order valence-corrected chi connectivity index (χ4v) is 8.48. The lowest BCUT2D eigenvalue weighted by atomic mass is 10.0. The minimum absolute atomic E-state index is 0. The number of hydrogen-bond donors (Lipinski definition) is 10. The van der Waals surface area contributed by atoms with Gasteiger partial charge in [0.25, 0.3) is 50.6 Å². The van der Waals surface area contributed by atoms with Crippen molar-refractivity contribution in [1.82, 2.24) is 0 Å². The zero-order chi connectivity index (χ0) is 51.0. The summed E-state index contributed by atoms with van der Waals surface area (Å²) in [5.74, 6) is 1.10. The normalized spacial score (nSPS) is 15.1. The van der Waals surface area contributed by atoms with Gasteiger partial charge in [0.15, 0.2) is 0 Å². The van der Waals surface area contributed by atoms with Crippen molar-refractivity contribution in [2.75, 3.05) is 23.0 Å². The van der Waals surface area contributed by atoms with Crippen molar-refractivity contribution < 1.29 is 64.9 Å². The van der Waals surface area contributed by atoms with Gasteiger partial charge in [-0.15, -0.1) is 0 Å². The Morgan fingerprint density at radius 1 is 0.359 bits per heavy atom. The van der Waals surface area contributed by atoms with Gasteiger partial charge in [-0.05, 0) is 101 Å². The fourth-order valence-electron chi connectivity index (χ4n) is 5.62. The van der Waals surface area contributed by atoms with E-state index in [0.717, 1.165) is 57.8 Å². The van der Waals surface area contributed by atoms with E-state index in [-0.39, 0.29) is 60.6 Å². The fraction of sp³-hybridized carbons (Fsp3) is 1.00. The van der Waals surface area contributed by atoms with Gasteiger partial charge >= 0.3 is 0 Å². The third-order valence-electron chi connectivity index (χ3n) is 8.64. The van der Waals surface area contributed by atoms with Crippen molar-refractivity contribution >= 4 is 50.6 Å². The maximum atomic E-state index is 10.7. The molecule has 6 atom stereocenters. The van der Waals surface area contributed by atoms with E-state index < -0.39 is 55.8 Å². The average molecular weight is 1030 g/mol. The summed E-state index contributed by atoms with van der Waals surface area (Å²) < 4.78 is 146. The summed E-state index contributed by atoms with van der Waals surface area (Å²) in [7, 11) is -19.2. The van der Waals surface area contributed by atoms with Crippen LogP contribution < -0.4 is 28.7 Å². The highest BCUT2D eigenvalue weighted by molar-refractivity contribution is 7.86. The zero-order valence-electron chi connectivity index (χ0n) is 39.7. The Labute approximate surface area is 390 Å². The van der Waals surface area contributed by atoms with Crippen LogP contribution in [0.25, 0.3) is 0 Å². The second-order valence-corrected chi connectivity index (χ2v) is 26.2. The summed E-state index contributed by atoms with van der Waals surface area (Å²) in [6.07, 6.45) is 9.60. The molecule has 0 aliphatic carbocycles. The molecule has 0 amide bonds. The van der Waals surface area contributed by atoms with Gasteiger partial charge < -0.3 is 28.7 Å². The van der Waals surface area contributed by atoms with Crippen molar-refractivity contribution in [2.45, 2.75) is 202 Å². The van der Waals surface area contributed by atoms with E-state index in [4.69, 9.17) is 51.4 Å². The van der Waals surface area contributed by atoms with Crippen LogP contribution in [0.1, 0.15) is 167 Å². The molecule has 0 radical (unpaired) electrons. The largest absolute Gasteiger partial charge is 0.328 e. The Morgan fingerprint density at radius 2 is 0.625 bits per heavy atom. The molecule has 0 aliphatic rings. The van der Waals surface area contributed by atoms with Crippen LogP contribution in [0.15, 0.2) is 0 Å². The minimum atomic E-state index is -3.91. The first-order valence-electron chi connectivity index (χ1n) is 21.7. The van der Waals surface area contributed by atoms with Crippen molar-refractivity contribution in [3.63, 3.8) is 0 Å². The van der Waals surface area contributed by atoms with Gasteiger partial charge in [0.1, 0.15) is 0 Å². The predicted octanol–water partition coefficient (Wildman–Crippen LogP) is 5.14. The van der Waals surface area contributed by atoms with Gasteiger partial charge in [-0.1, -0.05) is 89.0 Å². The molecule has 0 fully saturated rings. The molecular weight excluding hydrogens is 939 g/mol. The molecule has 15 N–H and O–H groups in total. The molecule has 396 valence electrons. The van der Waals surface area contributed by atoms with Gasteiger partial charge in [-0.2, -0.15) is 42.1 Å². The van der Waals surface area contributed by atoms with Crippen LogP contribution in [0.3, 0.4) is 0 Å². The third-order valence-corrected chi connectivity index (χ3v) is 12.9. The summed E-state index contributed by atoms with van der Waals surface area (Å²) in [5.41, 5.74) is 28.3. The first-order chi connectivity index (χ1) is 28.1. The van der Waals surface area contributed by atoms with Crippen LogP contribution >= 0.6 is 0 Å². The molecule has 0 aromatic heterocycles. The lowest BCUT2D eigenvalue weighted by Crippen LogP contribution is -2.30.